The van der Waals surface area contributed by atoms with Crippen molar-refractivity contribution in [2.24, 2.45) is 5.92 Å². The lowest BCUT2D eigenvalue weighted by atomic mass is 10.1. The van der Waals surface area contributed by atoms with Crippen LogP contribution in [-0.2, 0) is 11.3 Å². The van der Waals surface area contributed by atoms with Gasteiger partial charge in [-0.25, -0.2) is 4.98 Å². The minimum Gasteiger partial charge on any atom is -0.356 e. The van der Waals surface area contributed by atoms with Crippen LogP contribution in [0.25, 0.3) is 0 Å². The van der Waals surface area contributed by atoms with Crippen molar-refractivity contribution in [1.82, 2.24) is 14.9 Å². The van der Waals surface area contributed by atoms with Gasteiger partial charge in [-0.2, -0.15) is 0 Å². The summed E-state index contributed by atoms with van der Waals surface area (Å²) in [4.78, 5) is 27.6. The highest BCUT2D eigenvalue weighted by Crippen LogP contribution is 2.24. The van der Waals surface area contributed by atoms with Crippen molar-refractivity contribution in [3.63, 3.8) is 0 Å². The van der Waals surface area contributed by atoms with Crippen molar-refractivity contribution >= 4 is 17.7 Å². The van der Waals surface area contributed by atoms with Crippen molar-refractivity contribution in [2.75, 3.05) is 12.3 Å². The molecule has 5 nitrogen and oxygen atoms in total. The molecule has 0 radical (unpaired) electrons. The summed E-state index contributed by atoms with van der Waals surface area (Å²) in [6.45, 7) is 3.14. The van der Waals surface area contributed by atoms with Gasteiger partial charge in [-0.15, -0.1) is 0 Å². The van der Waals surface area contributed by atoms with Crippen LogP contribution in [0.3, 0.4) is 0 Å². The molecule has 0 aromatic carbocycles. The first-order valence-corrected chi connectivity index (χ1v) is 6.67. The normalized spacial score (nSPS) is 18.5. The van der Waals surface area contributed by atoms with E-state index in [-0.39, 0.29) is 17.4 Å². The molecule has 17 heavy (non-hydrogen) atoms. The summed E-state index contributed by atoms with van der Waals surface area (Å²) >= 11 is 1.46. The highest BCUT2D eigenvalue weighted by Gasteiger charge is 2.25. The quantitative estimate of drug-likeness (QED) is 0.796. The van der Waals surface area contributed by atoms with Gasteiger partial charge in [0, 0.05) is 31.1 Å². The summed E-state index contributed by atoms with van der Waals surface area (Å²) in [5.74, 6) is 0.577. The molecule has 1 aromatic rings. The molecule has 0 spiro atoms. The molecule has 0 saturated carbocycles. The third-order valence-electron chi connectivity index (χ3n) is 2.64. The number of nitrogens with zero attached hydrogens (tertiary/aromatic N) is 2. The molecule has 1 aliphatic heterocycles. The molecule has 1 atom stereocenters. The Morgan fingerprint density at radius 1 is 1.71 bits per heavy atom. The van der Waals surface area contributed by atoms with E-state index in [2.05, 4.69) is 10.3 Å². The van der Waals surface area contributed by atoms with Gasteiger partial charge in [0.2, 0.25) is 5.91 Å². The Labute approximate surface area is 104 Å². The Hall–Kier alpha value is -1.30. The maximum Gasteiger partial charge on any atom is 0.254 e. The SMILES string of the molecule is CCCNC(=O)C1CSc2nccc(=O)n2C1. The standard InChI is InChI=1S/C11H15N3O2S/c1-2-4-12-10(16)8-6-14-9(15)3-5-13-11(14)17-7-8/h3,5,8H,2,4,6-7H2,1H3,(H,12,16). The first-order chi connectivity index (χ1) is 8.22. The van der Waals surface area contributed by atoms with E-state index in [0.717, 1.165) is 6.42 Å². The van der Waals surface area contributed by atoms with Crippen molar-refractivity contribution in [1.29, 1.82) is 0 Å². The second-order valence-corrected chi connectivity index (χ2v) is 4.96. The first kappa shape index (κ1) is 12.2. The number of aromatic nitrogens is 2. The van der Waals surface area contributed by atoms with Crippen molar-refractivity contribution < 1.29 is 4.79 Å². The van der Waals surface area contributed by atoms with Crippen LogP contribution in [0.4, 0.5) is 0 Å². The topological polar surface area (TPSA) is 64.0 Å². The molecule has 0 fully saturated rings. The number of fused-ring (bicyclic) bond motifs is 1. The predicted octanol–water partition coefficient (Wildman–Crippen LogP) is 0.491. The Balaban J connectivity index is 2.10. The number of thioether (sulfide) groups is 1. The van der Waals surface area contributed by atoms with Gasteiger partial charge in [0.25, 0.3) is 5.56 Å². The molecule has 2 rings (SSSR count). The van der Waals surface area contributed by atoms with Gasteiger partial charge < -0.3 is 5.32 Å². The van der Waals surface area contributed by atoms with Crippen LogP contribution >= 0.6 is 11.8 Å². The first-order valence-electron chi connectivity index (χ1n) is 5.68. The number of carbonyl (C=O) groups is 1. The summed E-state index contributed by atoms with van der Waals surface area (Å²) in [5, 5.41) is 3.57. The summed E-state index contributed by atoms with van der Waals surface area (Å²) in [6, 6.07) is 1.43. The highest BCUT2D eigenvalue weighted by atomic mass is 32.2. The van der Waals surface area contributed by atoms with Crippen LogP contribution in [0.5, 0.6) is 0 Å². The number of hydrogen-bond donors (Lipinski definition) is 1. The molecule has 0 bridgehead atoms. The molecule has 92 valence electrons. The highest BCUT2D eigenvalue weighted by molar-refractivity contribution is 7.99. The lowest BCUT2D eigenvalue weighted by molar-refractivity contribution is -0.124. The average Bonchev–Trinajstić information content (AvgIpc) is 2.36. The molecule has 1 unspecified atom stereocenters. The second kappa shape index (κ2) is 5.35. The van der Waals surface area contributed by atoms with E-state index in [9.17, 15) is 9.59 Å². The van der Waals surface area contributed by atoms with Crippen molar-refractivity contribution in [2.45, 2.75) is 25.0 Å². The fraction of sp³-hybridized carbons (Fsp3) is 0.545. The maximum atomic E-state index is 11.8. The number of carbonyl (C=O) groups excluding carboxylic acids is 1. The van der Waals surface area contributed by atoms with Crippen molar-refractivity contribution in [3.05, 3.63) is 22.6 Å². The molecular formula is C11H15N3O2S. The largest absolute Gasteiger partial charge is 0.356 e. The number of hydrogen-bond acceptors (Lipinski definition) is 4. The molecule has 2 heterocycles. The minimum absolute atomic E-state index is 0.0285. The van der Waals surface area contributed by atoms with E-state index in [1.165, 1.54) is 24.0 Å². The molecule has 1 aromatic heterocycles. The Morgan fingerprint density at radius 2 is 2.53 bits per heavy atom. The maximum absolute atomic E-state index is 11.8. The molecule has 1 amide bonds. The van der Waals surface area contributed by atoms with Crippen LogP contribution < -0.4 is 10.9 Å². The number of rotatable bonds is 3. The van der Waals surface area contributed by atoms with Gasteiger partial charge in [-0.05, 0) is 6.42 Å². The van der Waals surface area contributed by atoms with Crippen LogP contribution in [0.2, 0.25) is 0 Å². The Morgan fingerprint density at radius 3 is 3.29 bits per heavy atom. The van der Waals surface area contributed by atoms with Gasteiger partial charge in [0.1, 0.15) is 0 Å². The van der Waals surface area contributed by atoms with Crippen LogP contribution in [0.15, 0.2) is 22.2 Å². The monoisotopic (exact) mass is 253 g/mol. The minimum atomic E-state index is -0.138. The fourth-order valence-electron chi connectivity index (χ4n) is 1.70. The van der Waals surface area contributed by atoms with Gasteiger partial charge in [0.05, 0.1) is 5.92 Å². The van der Waals surface area contributed by atoms with E-state index in [4.69, 9.17) is 0 Å². The predicted molar refractivity (Wildman–Crippen MR) is 66.0 cm³/mol. The third kappa shape index (κ3) is 2.69. The Kier molecular flexibility index (Phi) is 3.83. The number of amides is 1. The summed E-state index contributed by atoms with van der Waals surface area (Å²) in [5.41, 5.74) is -0.0875. The molecule has 6 heteroatoms. The zero-order valence-corrected chi connectivity index (χ0v) is 10.5. The van der Waals surface area contributed by atoms with E-state index < -0.39 is 0 Å². The van der Waals surface area contributed by atoms with E-state index in [1.807, 2.05) is 6.92 Å². The molecule has 1 N–H and O–H groups in total. The van der Waals surface area contributed by atoms with E-state index in [0.29, 0.717) is 24.0 Å². The van der Waals surface area contributed by atoms with Gasteiger partial charge in [-0.3, -0.25) is 14.2 Å². The van der Waals surface area contributed by atoms with E-state index in [1.54, 1.807) is 4.57 Å². The fourth-order valence-corrected chi connectivity index (χ4v) is 2.76. The summed E-state index contributed by atoms with van der Waals surface area (Å²) in [7, 11) is 0. The van der Waals surface area contributed by atoms with Crippen molar-refractivity contribution in [3.8, 4) is 0 Å². The second-order valence-electron chi connectivity index (χ2n) is 3.98. The zero-order valence-electron chi connectivity index (χ0n) is 9.68. The number of nitrogens with one attached hydrogen (secondary N) is 1. The lowest BCUT2D eigenvalue weighted by Gasteiger charge is -2.23. The summed E-state index contributed by atoms with van der Waals surface area (Å²) < 4.78 is 1.57. The Bertz CT molecular complexity index is 472. The van der Waals surface area contributed by atoms with Gasteiger partial charge >= 0.3 is 0 Å². The van der Waals surface area contributed by atoms with Crippen LogP contribution in [0, 0.1) is 5.92 Å². The van der Waals surface area contributed by atoms with E-state index >= 15 is 0 Å². The molecule has 0 saturated heterocycles. The van der Waals surface area contributed by atoms with Gasteiger partial charge in [-0.1, -0.05) is 18.7 Å². The lowest BCUT2D eigenvalue weighted by Crippen LogP contribution is -2.39. The third-order valence-corrected chi connectivity index (χ3v) is 3.79. The average molecular weight is 253 g/mol. The molecule has 1 aliphatic rings. The molecular weight excluding hydrogens is 238 g/mol. The van der Waals surface area contributed by atoms with Gasteiger partial charge in [0.15, 0.2) is 5.16 Å². The van der Waals surface area contributed by atoms with Crippen LogP contribution in [0.1, 0.15) is 13.3 Å². The van der Waals surface area contributed by atoms with Crippen LogP contribution in [-0.4, -0.2) is 27.8 Å². The zero-order chi connectivity index (χ0) is 12.3. The smallest absolute Gasteiger partial charge is 0.254 e. The molecule has 0 aliphatic carbocycles. The summed E-state index contributed by atoms with van der Waals surface area (Å²) in [6.07, 6.45) is 2.43.